The number of pyridine rings is 1. The van der Waals surface area contributed by atoms with Crippen molar-refractivity contribution in [2.75, 3.05) is 11.9 Å². The molecule has 2 heterocycles. The van der Waals surface area contributed by atoms with E-state index in [0.29, 0.717) is 11.7 Å². The maximum absolute atomic E-state index is 12.9. The van der Waals surface area contributed by atoms with Gasteiger partial charge < -0.3 is 10.2 Å². The highest BCUT2D eigenvalue weighted by molar-refractivity contribution is 5.92. The molecule has 0 saturated carbocycles. The van der Waals surface area contributed by atoms with Crippen molar-refractivity contribution in [3.63, 3.8) is 0 Å². The van der Waals surface area contributed by atoms with E-state index in [4.69, 9.17) is 0 Å². The largest absolute Gasteiger partial charge is 0.354 e. The number of amides is 1. The fourth-order valence-electron chi connectivity index (χ4n) is 3.13. The van der Waals surface area contributed by atoms with Gasteiger partial charge in [-0.15, -0.1) is 0 Å². The van der Waals surface area contributed by atoms with Crippen LogP contribution >= 0.6 is 0 Å². The molecule has 3 rings (SSSR count). The number of piperidine rings is 1. The molecule has 1 aliphatic heterocycles. The first kappa shape index (κ1) is 16.4. The monoisotopic (exact) mass is 327 g/mol. The van der Waals surface area contributed by atoms with Crippen molar-refractivity contribution in [1.29, 1.82) is 0 Å². The van der Waals surface area contributed by atoms with Crippen LogP contribution in [0.25, 0.3) is 0 Å². The molecule has 0 radical (unpaired) electrons. The van der Waals surface area contributed by atoms with Crippen molar-refractivity contribution in [3.05, 3.63) is 54.1 Å². The maximum Gasteiger partial charge on any atom is 0.272 e. The van der Waals surface area contributed by atoms with Gasteiger partial charge in [-0.25, -0.2) is 9.37 Å². The van der Waals surface area contributed by atoms with Gasteiger partial charge in [0.1, 0.15) is 11.5 Å². The summed E-state index contributed by atoms with van der Waals surface area (Å²) >= 11 is 0. The Morgan fingerprint density at radius 1 is 1.21 bits per heavy atom. The highest BCUT2D eigenvalue weighted by atomic mass is 19.1. The summed E-state index contributed by atoms with van der Waals surface area (Å²) in [6, 6.07) is 10.0. The molecule has 5 heteroatoms. The Kier molecular flexibility index (Phi) is 5.08. The van der Waals surface area contributed by atoms with Gasteiger partial charge in [-0.05, 0) is 62.1 Å². The van der Waals surface area contributed by atoms with Crippen LogP contribution in [0.3, 0.4) is 0 Å². The number of nitrogens with zero attached hydrogens (tertiary/aromatic N) is 2. The van der Waals surface area contributed by atoms with Crippen molar-refractivity contribution >= 4 is 17.3 Å². The van der Waals surface area contributed by atoms with E-state index in [1.165, 1.54) is 18.6 Å². The van der Waals surface area contributed by atoms with Crippen molar-refractivity contribution in [2.45, 2.75) is 38.6 Å². The molecule has 1 atom stereocenters. The number of aromatic nitrogens is 1. The maximum atomic E-state index is 12.9. The smallest absolute Gasteiger partial charge is 0.272 e. The fraction of sp³-hybridized carbons (Fsp3) is 0.368. The summed E-state index contributed by atoms with van der Waals surface area (Å²) in [7, 11) is 0. The summed E-state index contributed by atoms with van der Waals surface area (Å²) < 4.78 is 12.9. The third-order valence-electron chi connectivity index (χ3n) is 4.47. The van der Waals surface area contributed by atoms with E-state index in [0.717, 1.165) is 37.2 Å². The lowest BCUT2D eigenvalue weighted by Crippen LogP contribution is -2.43. The second-order valence-electron chi connectivity index (χ2n) is 6.12. The SMILES string of the molecule is CCC1CCCCN1C(=O)c1ccc(Nc2ccc(F)cc2)cn1. The molecule has 2 aromatic rings. The van der Waals surface area contributed by atoms with Gasteiger partial charge in [0, 0.05) is 18.3 Å². The minimum absolute atomic E-state index is 0.00915. The molecule has 24 heavy (non-hydrogen) atoms. The Hall–Kier alpha value is -2.43. The third kappa shape index (κ3) is 3.72. The number of hydrogen-bond acceptors (Lipinski definition) is 3. The first-order valence-electron chi connectivity index (χ1n) is 8.47. The predicted octanol–water partition coefficient (Wildman–Crippen LogP) is 4.37. The van der Waals surface area contributed by atoms with Crippen molar-refractivity contribution < 1.29 is 9.18 Å². The van der Waals surface area contributed by atoms with Gasteiger partial charge in [0.05, 0.1) is 11.9 Å². The van der Waals surface area contributed by atoms with Crippen LogP contribution in [-0.4, -0.2) is 28.4 Å². The van der Waals surface area contributed by atoms with Crippen LogP contribution in [0.4, 0.5) is 15.8 Å². The summed E-state index contributed by atoms with van der Waals surface area (Å²) in [6.45, 7) is 2.94. The Balaban J connectivity index is 1.69. The molecule has 0 spiro atoms. The summed E-state index contributed by atoms with van der Waals surface area (Å²) in [5.74, 6) is -0.262. The lowest BCUT2D eigenvalue weighted by Gasteiger charge is -2.35. The average Bonchev–Trinajstić information content (AvgIpc) is 2.63. The second-order valence-corrected chi connectivity index (χ2v) is 6.12. The Morgan fingerprint density at radius 3 is 2.62 bits per heavy atom. The minimum Gasteiger partial charge on any atom is -0.354 e. The number of benzene rings is 1. The van der Waals surface area contributed by atoms with Crippen LogP contribution in [0.1, 0.15) is 43.1 Å². The lowest BCUT2D eigenvalue weighted by molar-refractivity contribution is 0.0602. The number of carbonyl (C=O) groups excluding carboxylic acids is 1. The number of nitrogens with one attached hydrogen (secondary N) is 1. The normalized spacial score (nSPS) is 17.6. The summed E-state index contributed by atoms with van der Waals surface area (Å²) in [4.78, 5) is 18.9. The molecular formula is C19H22FN3O. The van der Waals surface area contributed by atoms with E-state index in [1.54, 1.807) is 24.4 Å². The lowest BCUT2D eigenvalue weighted by atomic mass is 9.99. The Morgan fingerprint density at radius 2 is 1.96 bits per heavy atom. The van der Waals surface area contributed by atoms with Gasteiger partial charge in [0.15, 0.2) is 0 Å². The highest BCUT2D eigenvalue weighted by Crippen LogP contribution is 2.22. The van der Waals surface area contributed by atoms with Crippen LogP contribution in [0.5, 0.6) is 0 Å². The first-order chi connectivity index (χ1) is 11.7. The van der Waals surface area contributed by atoms with Gasteiger partial charge in [-0.2, -0.15) is 0 Å². The Bertz CT molecular complexity index is 685. The molecule has 1 amide bonds. The molecular weight excluding hydrogens is 305 g/mol. The quantitative estimate of drug-likeness (QED) is 0.907. The topological polar surface area (TPSA) is 45.2 Å². The van der Waals surface area contributed by atoms with Crippen molar-refractivity contribution in [2.24, 2.45) is 0 Å². The highest BCUT2D eigenvalue weighted by Gasteiger charge is 2.26. The van der Waals surface area contributed by atoms with Gasteiger partial charge in [0.25, 0.3) is 5.91 Å². The van der Waals surface area contributed by atoms with Gasteiger partial charge in [-0.3, -0.25) is 4.79 Å². The molecule has 0 aliphatic carbocycles. The predicted molar refractivity (Wildman–Crippen MR) is 92.9 cm³/mol. The van der Waals surface area contributed by atoms with E-state index in [-0.39, 0.29) is 11.7 Å². The second kappa shape index (κ2) is 7.43. The van der Waals surface area contributed by atoms with Gasteiger partial charge in [0.2, 0.25) is 0 Å². The zero-order valence-electron chi connectivity index (χ0n) is 13.8. The van der Waals surface area contributed by atoms with Gasteiger partial charge in [-0.1, -0.05) is 6.92 Å². The number of rotatable bonds is 4. The zero-order valence-corrected chi connectivity index (χ0v) is 13.8. The third-order valence-corrected chi connectivity index (χ3v) is 4.47. The van der Waals surface area contributed by atoms with Gasteiger partial charge >= 0.3 is 0 Å². The summed E-state index contributed by atoms with van der Waals surface area (Å²) in [5.41, 5.74) is 2.02. The molecule has 1 aliphatic rings. The number of anilines is 2. The molecule has 4 nitrogen and oxygen atoms in total. The fourth-order valence-corrected chi connectivity index (χ4v) is 3.13. The van der Waals surface area contributed by atoms with E-state index in [9.17, 15) is 9.18 Å². The van der Waals surface area contributed by atoms with Crippen LogP contribution < -0.4 is 5.32 Å². The number of halogens is 1. The van der Waals surface area contributed by atoms with Crippen LogP contribution in [0, 0.1) is 5.82 Å². The van der Waals surface area contributed by atoms with E-state index >= 15 is 0 Å². The molecule has 1 saturated heterocycles. The molecule has 1 unspecified atom stereocenters. The molecule has 1 aromatic heterocycles. The van der Waals surface area contributed by atoms with Crippen LogP contribution in [-0.2, 0) is 0 Å². The zero-order chi connectivity index (χ0) is 16.9. The molecule has 1 N–H and O–H groups in total. The van der Waals surface area contributed by atoms with Crippen LogP contribution in [0.2, 0.25) is 0 Å². The van der Waals surface area contributed by atoms with Crippen molar-refractivity contribution in [3.8, 4) is 0 Å². The van der Waals surface area contributed by atoms with Crippen molar-refractivity contribution in [1.82, 2.24) is 9.88 Å². The Labute approximate surface area is 141 Å². The van der Waals surface area contributed by atoms with E-state index in [2.05, 4.69) is 17.2 Å². The molecule has 0 bridgehead atoms. The number of hydrogen-bond donors (Lipinski definition) is 1. The standard InChI is InChI=1S/C19H22FN3O/c1-2-17-5-3-4-12-23(17)19(24)18-11-10-16(13-21-18)22-15-8-6-14(20)7-9-15/h6-11,13,17,22H,2-5,12H2,1H3. The summed E-state index contributed by atoms with van der Waals surface area (Å²) in [6.07, 6.45) is 5.95. The average molecular weight is 327 g/mol. The van der Waals surface area contributed by atoms with E-state index < -0.39 is 0 Å². The first-order valence-corrected chi connectivity index (χ1v) is 8.47. The number of carbonyl (C=O) groups is 1. The number of likely N-dealkylation sites (tertiary alicyclic amines) is 1. The molecule has 1 fully saturated rings. The van der Waals surface area contributed by atoms with E-state index in [1.807, 2.05) is 11.0 Å². The molecule has 1 aromatic carbocycles. The minimum atomic E-state index is -0.272. The summed E-state index contributed by atoms with van der Waals surface area (Å²) in [5, 5.41) is 3.14. The van der Waals surface area contributed by atoms with Crippen LogP contribution in [0.15, 0.2) is 42.6 Å². The molecule has 126 valence electrons.